The first-order valence-electron chi connectivity index (χ1n) is 9.73. The Labute approximate surface area is 175 Å². The van der Waals surface area contributed by atoms with E-state index in [9.17, 15) is 4.79 Å². The predicted molar refractivity (Wildman–Crippen MR) is 119 cm³/mol. The molecule has 4 nitrogen and oxygen atoms in total. The summed E-state index contributed by atoms with van der Waals surface area (Å²) in [5.74, 6) is -0.0633. The molecule has 0 bridgehead atoms. The number of hydrogen-bond acceptors (Lipinski definition) is 3. The van der Waals surface area contributed by atoms with E-state index in [0.29, 0.717) is 6.61 Å². The van der Waals surface area contributed by atoms with Crippen LogP contribution in [-0.2, 0) is 17.8 Å². The Kier molecular flexibility index (Phi) is 5.85. The van der Waals surface area contributed by atoms with E-state index in [1.54, 1.807) is 0 Å². The van der Waals surface area contributed by atoms with Crippen LogP contribution in [-0.4, -0.2) is 16.1 Å². The molecule has 1 N–H and O–H groups in total. The number of rotatable bonds is 7. The lowest BCUT2D eigenvalue weighted by Crippen LogP contribution is -2.01. The van der Waals surface area contributed by atoms with Gasteiger partial charge in [-0.2, -0.15) is 0 Å². The van der Waals surface area contributed by atoms with E-state index in [4.69, 9.17) is 9.84 Å². The Morgan fingerprint density at radius 1 is 0.867 bits per heavy atom. The molecule has 0 aliphatic heterocycles. The van der Waals surface area contributed by atoms with Gasteiger partial charge < -0.3 is 9.84 Å². The van der Waals surface area contributed by atoms with Gasteiger partial charge in [-0.25, -0.2) is 4.98 Å². The number of benzene rings is 3. The van der Waals surface area contributed by atoms with Crippen LogP contribution in [0.1, 0.15) is 22.4 Å². The summed E-state index contributed by atoms with van der Waals surface area (Å²) in [5.41, 5.74) is 4.55. The molecule has 0 saturated heterocycles. The van der Waals surface area contributed by atoms with Gasteiger partial charge in [0.1, 0.15) is 12.4 Å². The summed E-state index contributed by atoms with van der Waals surface area (Å²) in [6.07, 6.45) is 3.92. The minimum Gasteiger partial charge on any atom is -0.487 e. The first kappa shape index (κ1) is 19.4. The van der Waals surface area contributed by atoms with Crippen molar-refractivity contribution in [2.24, 2.45) is 0 Å². The van der Waals surface area contributed by atoms with Gasteiger partial charge in [0.05, 0.1) is 17.6 Å². The molecule has 3 aromatic carbocycles. The van der Waals surface area contributed by atoms with E-state index in [2.05, 4.69) is 11.1 Å². The molecule has 0 unspecified atom stereocenters. The SMILES string of the molecule is O=C(O)Cc1ccccc1C=Cc1ccc(OCc2ccc3ccccc3n2)cc1. The number of nitrogens with zero attached hydrogens (tertiary/aromatic N) is 1. The highest BCUT2D eigenvalue weighted by molar-refractivity contribution is 5.78. The highest BCUT2D eigenvalue weighted by atomic mass is 16.5. The lowest BCUT2D eigenvalue weighted by atomic mass is 10.0. The number of ether oxygens (including phenoxy) is 1. The van der Waals surface area contributed by atoms with Gasteiger partial charge in [-0.15, -0.1) is 0 Å². The van der Waals surface area contributed by atoms with Crippen molar-refractivity contribution in [2.45, 2.75) is 13.0 Å². The summed E-state index contributed by atoms with van der Waals surface area (Å²) in [6.45, 7) is 0.405. The number of carboxylic acids is 1. The molecule has 0 spiro atoms. The average Bonchev–Trinajstić information content (AvgIpc) is 2.77. The van der Waals surface area contributed by atoms with E-state index >= 15 is 0 Å². The quantitative estimate of drug-likeness (QED) is 0.413. The van der Waals surface area contributed by atoms with Gasteiger partial charge in [0, 0.05) is 5.39 Å². The fourth-order valence-electron chi connectivity index (χ4n) is 3.23. The molecule has 148 valence electrons. The first-order chi connectivity index (χ1) is 14.7. The Hall–Kier alpha value is -3.92. The third kappa shape index (κ3) is 4.92. The van der Waals surface area contributed by atoms with Crippen LogP contribution in [0.2, 0.25) is 0 Å². The number of carboxylic acid groups (broad SMARTS) is 1. The topological polar surface area (TPSA) is 59.4 Å². The minimum atomic E-state index is -0.835. The maximum absolute atomic E-state index is 11.0. The standard InChI is InChI=1S/C26H21NO3/c28-26(29)17-22-7-2-1-5-20(22)12-9-19-10-15-24(16-11-19)30-18-23-14-13-21-6-3-4-8-25(21)27-23/h1-16H,17-18H2,(H,28,29). The smallest absolute Gasteiger partial charge is 0.307 e. The maximum Gasteiger partial charge on any atom is 0.307 e. The van der Waals surface area contributed by atoms with E-state index in [1.807, 2.05) is 91.0 Å². The Balaban J connectivity index is 1.40. The molecule has 4 heteroatoms. The number of fused-ring (bicyclic) bond motifs is 1. The molecular formula is C26H21NO3. The number of aromatic nitrogens is 1. The molecule has 4 rings (SSSR count). The Morgan fingerprint density at radius 3 is 2.47 bits per heavy atom. The molecular weight excluding hydrogens is 374 g/mol. The van der Waals surface area contributed by atoms with Gasteiger partial charge in [0.2, 0.25) is 0 Å². The van der Waals surface area contributed by atoms with E-state index in [1.165, 1.54) is 0 Å². The van der Waals surface area contributed by atoms with Crippen LogP contribution in [0.5, 0.6) is 5.75 Å². The largest absolute Gasteiger partial charge is 0.487 e. The molecule has 0 aliphatic rings. The van der Waals surface area contributed by atoms with Crippen molar-refractivity contribution in [3.05, 3.63) is 107 Å². The zero-order chi connectivity index (χ0) is 20.8. The third-order valence-electron chi connectivity index (χ3n) is 4.78. The van der Waals surface area contributed by atoms with Crippen LogP contribution in [0.15, 0.2) is 84.9 Å². The third-order valence-corrected chi connectivity index (χ3v) is 4.78. The monoisotopic (exact) mass is 395 g/mol. The molecule has 0 amide bonds. The van der Waals surface area contributed by atoms with Crippen molar-refractivity contribution in [3.8, 4) is 5.75 Å². The van der Waals surface area contributed by atoms with Crippen LogP contribution < -0.4 is 4.74 Å². The highest BCUT2D eigenvalue weighted by Crippen LogP contribution is 2.18. The molecule has 0 aliphatic carbocycles. The predicted octanol–water partition coefficient (Wildman–Crippen LogP) is 5.61. The zero-order valence-corrected chi connectivity index (χ0v) is 16.4. The lowest BCUT2D eigenvalue weighted by Gasteiger charge is -2.07. The summed E-state index contributed by atoms with van der Waals surface area (Å²) in [7, 11) is 0. The van der Waals surface area contributed by atoms with Gasteiger partial charge >= 0.3 is 5.97 Å². The van der Waals surface area contributed by atoms with Crippen molar-refractivity contribution in [1.29, 1.82) is 0 Å². The summed E-state index contributed by atoms with van der Waals surface area (Å²) >= 11 is 0. The minimum absolute atomic E-state index is 0.0100. The maximum atomic E-state index is 11.0. The fraction of sp³-hybridized carbons (Fsp3) is 0.0769. The molecule has 0 radical (unpaired) electrons. The van der Waals surface area contributed by atoms with Crippen LogP contribution in [0, 0.1) is 0 Å². The van der Waals surface area contributed by atoms with Gasteiger partial charge in [-0.3, -0.25) is 4.79 Å². The number of hydrogen-bond donors (Lipinski definition) is 1. The van der Waals surface area contributed by atoms with Gasteiger partial charge in [0.15, 0.2) is 0 Å². The summed E-state index contributed by atoms with van der Waals surface area (Å²) < 4.78 is 5.87. The van der Waals surface area contributed by atoms with Gasteiger partial charge in [0.25, 0.3) is 0 Å². The molecule has 4 aromatic rings. The van der Waals surface area contributed by atoms with Crippen molar-refractivity contribution in [1.82, 2.24) is 4.98 Å². The molecule has 0 fully saturated rings. The Morgan fingerprint density at radius 2 is 1.63 bits per heavy atom. The average molecular weight is 395 g/mol. The van der Waals surface area contributed by atoms with Crippen LogP contribution in [0.25, 0.3) is 23.1 Å². The van der Waals surface area contributed by atoms with Gasteiger partial charge in [-0.05, 0) is 41.0 Å². The highest BCUT2D eigenvalue weighted by Gasteiger charge is 2.04. The number of carbonyl (C=O) groups is 1. The van der Waals surface area contributed by atoms with E-state index in [-0.39, 0.29) is 6.42 Å². The Bertz CT molecular complexity index is 1200. The second-order valence-electron chi connectivity index (χ2n) is 6.96. The molecule has 1 heterocycles. The van der Waals surface area contributed by atoms with Gasteiger partial charge in [-0.1, -0.05) is 72.8 Å². The molecule has 1 aromatic heterocycles. The van der Waals surface area contributed by atoms with Crippen LogP contribution in [0.4, 0.5) is 0 Å². The summed E-state index contributed by atoms with van der Waals surface area (Å²) in [4.78, 5) is 15.6. The number of aliphatic carboxylic acids is 1. The summed E-state index contributed by atoms with van der Waals surface area (Å²) in [5, 5.41) is 10.2. The van der Waals surface area contributed by atoms with Crippen molar-refractivity contribution in [2.75, 3.05) is 0 Å². The number of para-hydroxylation sites is 1. The number of pyridine rings is 1. The molecule has 30 heavy (non-hydrogen) atoms. The zero-order valence-electron chi connectivity index (χ0n) is 16.4. The van der Waals surface area contributed by atoms with Crippen molar-refractivity contribution >= 4 is 29.0 Å². The second kappa shape index (κ2) is 9.05. The van der Waals surface area contributed by atoms with Crippen LogP contribution >= 0.6 is 0 Å². The van der Waals surface area contributed by atoms with E-state index < -0.39 is 5.97 Å². The van der Waals surface area contributed by atoms with Crippen molar-refractivity contribution < 1.29 is 14.6 Å². The van der Waals surface area contributed by atoms with E-state index in [0.717, 1.165) is 39.0 Å². The normalized spacial score (nSPS) is 11.1. The van der Waals surface area contributed by atoms with Crippen molar-refractivity contribution in [3.63, 3.8) is 0 Å². The molecule has 0 atom stereocenters. The first-order valence-corrected chi connectivity index (χ1v) is 9.73. The summed E-state index contributed by atoms with van der Waals surface area (Å²) in [6, 6.07) is 27.3. The lowest BCUT2D eigenvalue weighted by molar-refractivity contribution is -0.136. The molecule has 0 saturated carbocycles. The van der Waals surface area contributed by atoms with Crippen LogP contribution in [0.3, 0.4) is 0 Å². The fourth-order valence-corrected chi connectivity index (χ4v) is 3.23. The second-order valence-corrected chi connectivity index (χ2v) is 6.96.